The number of allylic oxidation sites excluding steroid dienone is 1. The summed E-state index contributed by atoms with van der Waals surface area (Å²) in [5.41, 5.74) is 3.75. The van der Waals surface area contributed by atoms with Gasteiger partial charge in [-0.1, -0.05) is 66.2 Å². The van der Waals surface area contributed by atoms with E-state index in [1.165, 1.54) is 11.1 Å². The molecule has 2 unspecified atom stereocenters. The van der Waals surface area contributed by atoms with E-state index >= 15 is 0 Å². The van der Waals surface area contributed by atoms with Crippen LogP contribution in [0.15, 0.2) is 29.8 Å². The molecule has 1 fully saturated rings. The highest BCUT2D eigenvalue weighted by atomic mass is 32.2. The third kappa shape index (κ3) is 8.27. The molecule has 0 radical (unpaired) electrons. The molecule has 1 N–H and O–H groups in total. The SMILES string of the molecule is CCC1SCC(C(=O)NCCCCOc2ccc(C(C)(C)CC)cc2C(C)(C)CC)N1C(=O)C=C(C)C. The summed E-state index contributed by atoms with van der Waals surface area (Å²) in [6.07, 6.45) is 6.28. The van der Waals surface area contributed by atoms with Crippen molar-refractivity contribution in [2.45, 2.75) is 117 Å². The van der Waals surface area contributed by atoms with Crippen LogP contribution in [0.4, 0.5) is 0 Å². The Morgan fingerprint density at radius 3 is 2.35 bits per heavy atom. The van der Waals surface area contributed by atoms with Crippen molar-refractivity contribution in [3.8, 4) is 5.75 Å². The minimum atomic E-state index is -0.404. The molecule has 1 aliphatic heterocycles. The zero-order chi connectivity index (χ0) is 27.8. The number of nitrogens with zero attached hydrogens (tertiary/aromatic N) is 1. The molecule has 0 bridgehead atoms. The lowest BCUT2D eigenvalue weighted by molar-refractivity contribution is -0.136. The maximum absolute atomic E-state index is 12.9. The number of benzene rings is 1. The molecular weight excluding hydrogens is 480 g/mol. The van der Waals surface area contributed by atoms with Gasteiger partial charge in [-0.25, -0.2) is 0 Å². The van der Waals surface area contributed by atoms with Crippen LogP contribution in [0, 0.1) is 0 Å². The van der Waals surface area contributed by atoms with E-state index < -0.39 is 6.04 Å². The van der Waals surface area contributed by atoms with Crippen molar-refractivity contribution in [1.29, 1.82) is 0 Å². The number of hydrogen-bond acceptors (Lipinski definition) is 4. The Balaban J connectivity index is 1.92. The van der Waals surface area contributed by atoms with Gasteiger partial charge in [0.15, 0.2) is 0 Å². The monoisotopic (exact) mass is 530 g/mol. The predicted molar refractivity (Wildman–Crippen MR) is 157 cm³/mol. The second kappa shape index (κ2) is 13.7. The molecule has 1 aromatic carbocycles. The number of rotatable bonds is 13. The molecule has 6 heteroatoms. The third-order valence-electron chi connectivity index (χ3n) is 7.80. The predicted octanol–water partition coefficient (Wildman–Crippen LogP) is 6.98. The fourth-order valence-electron chi connectivity index (χ4n) is 4.44. The average Bonchev–Trinajstić information content (AvgIpc) is 3.30. The molecule has 0 saturated carbocycles. The molecular formula is C31H50N2O3S. The third-order valence-corrected chi connectivity index (χ3v) is 9.25. The Morgan fingerprint density at radius 2 is 1.76 bits per heavy atom. The van der Waals surface area contributed by atoms with Crippen molar-refractivity contribution < 1.29 is 14.3 Å². The molecule has 1 aliphatic rings. The number of nitrogens with one attached hydrogen (secondary N) is 1. The van der Waals surface area contributed by atoms with Gasteiger partial charge in [0.25, 0.3) is 0 Å². The number of ether oxygens (including phenoxy) is 1. The van der Waals surface area contributed by atoms with Crippen LogP contribution in [-0.2, 0) is 20.4 Å². The lowest BCUT2D eigenvalue weighted by Gasteiger charge is -2.30. The maximum Gasteiger partial charge on any atom is 0.248 e. The van der Waals surface area contributed by atoms with E-state index in [-0.39, 0.29) is 28.0 Å². The molecule has 2 atom stereocenters. The van der Waals surface area contributed by atoms with Gasteiger partial charge < -0.3 is 15.0 Å². The van der Waals surface area contributed by atoms with Crippen molar-refractivity contribution in [3.05, 3.63) is 41.0 Å². The molecule has 0 aliphatic carbocycles. The number of amides is 2. The van der Waals surface area contributed by atoms with Crippen molar-refractivity contribution >= 4 is 23.6 Å². The molecule has 0 aromatic heterocycles. The van der Waals surface area contributed by atoms with E-state index in [1.54, 1.807) is 22.7 Å². The summed E-state index contributed by atoms with van der Waals surface area (Å²) in [5, 5.41) is 3.12. The second-order valence-corrected chi connectivity index (χ2v) is 12.9. The summed E-state index contributed by atoms with van der Waals surface area (Å²) < 4.78 is 6.27. The molecule has 2 rings (SSSR count). The number of carbonyl (C=O) groups excluding carboxylic acids is 2. The quantitative estimate of drug-likeness (QED) is 0.221. The normalized spacial score (nSPS) is 18.0. The summed E-state index contributed by atoms with van der Waals surface area (Å²) in [6, 6.07) is 6.29. The highest BCUT2D eigenvalue weighted by molar-refractivity contribution is 8.00. The molecule has 37 heavy (non-hydrogen) atoms. The lowest BCUT2D eigenvalue weighted by atomic mass is 9.76. The number of carbonyl (C=O) groups is 2. The lowest BCUT2D eigenvalue weighted by Crippen LogP contribution is -2.49. The van der Waals surface area contributed by atoms with E-state index in [9.17, 15) is 9.59 Å². The fraction of sp³-hybridized carbons (Fsp3) is 0.677. The first-order valence-electron chi connectivity index (χ1n) is 14.0. The van der Waals surface area contributed by atoms with Crippen LogP contribution in [0.1, 0.15) is 106 Å². The van der Waals surface area contributed by atoms with Gasteiger partial charge in [-0.3, -0.25) is 9.59 Å². The van der Waals surface area contributed by atoms with E-state index in [2.05, 4.69) is 72.0 Å². The van der Waals surface area contributed by atoms with Crippen LogP contribution < -0.4 is 10.1 Å². The Hall–Kier alpha value is -1.95. The number of thioether (sulfide) groups is 1. The molecule has 0 spiro atoms. The first-order chi connectivity index (χ1) is 17.4. The summed E-state index contributed by atoms with van der Waals surface area (Å²) >= 11 is 1.69. The van der Waals surface area contributed by atoms with Gasteiger partial charge in [0.1, 0.15) is 11.8 Å². The summed E-state index contributed by atoms with van der Waals surface area (Å²) in [5.74, 6) is 1.50. The largest absolute Gasteiger partial charge is 0.493 e. The number of unbranched alkanes of at least 4 members (excludes halogenated alkanes) is 1. The van der Waals surface area contributed by atoms with E-state index in [0.717, 1.165) is 43.4 Å². The van der Waals surface area contributed by atoms with E-state index in [0.29, 0.717) is 18.9 Å². The van der Waals surface area contributed by atoms with Crippen molar-refractivity contribution in [1.82, 2.24) is 10.2 Å². The summed E-state index contributed by atoms with van der Waals surface area (Å²) in [7, 11) is 0. The van der Waals surface area contributed by atoms with Gasteiger partial charge in [0.2, 0.25) is 11.8 Å². The Labute approximate surface area is 230 Å². The van der Waals surface area contributed by atoms with Gasteiger partial charge in [-0.2, -0.15) is 0 Å². The van der Waals surface area contributed by atoms with Gasteiger partial charge in [-0.15, -0.1) is 11.8 Å². The smallest absolute Gasteiger partial charge is 0.248 e. The Bertz CT molecular complexity index is 950. The second-order valence-electron chi connectivity index (χ2n) is 11.7. The Morgan fingerprint density at radius 1 is 1.08 bits per heavy atom. The fourth-order valence-corrected chi connectivity index (χ4v) is 5.80. The molecule has 2 amide bonds. The van der Waals surface area contributed by atoms with Crippen LogP contribution >= 0.6 is 11.8 Å². The van der Waals surface area contributed by atoms with Gasteiger partial charge in [0.05, 0.1) is 12.0 Å². The van der Waals surface area contributed by atoms with Crippen molar-refractivity contribution in [2.75, 3.05) is 18.9 Å². The first kappa shape index (κ1) is 31.3. The average molecular weight is 531 g/mol. The van der Waals surface area contributed by atoms with Crippen LogP contribution in [0.25, 0.3) is 0 Å². The topological polar surface area (TPSA) is 58.6 Å². The summed E-state index contributed by atoms with van der Waals surface area (Å²) in [6.45, 7) is 20.7. The molecule has 1 aromatic rings. The number of hydrogen-bond donors (Lipinski definition) is 1. The van der Waals surface area contributed by atoms with Crippen LogP contribution in [0.2, 0.25) is 0 Å². The van der Waals surface area contributed by atoms with Crippen LogP contribution in [0.3, 0.4) is 0 Å². The highest BCUT2D eigenvalue weighted by Gasteiger charge is 2.39. The van der Waals surface area contributed by atoms with E-state index in [4.69, 9.17) is 4.74 Å². The molecule has 1 saturated heterocycles. The Kier molecular flexibility index (Phi) is 11.6. The molecule has 5 nitrogen and oxygen atoms in total. The zero-order valence-corrected chi connectivity index (χ0v) is 25.5. The minimum absolute atomic E-state index is 0.0353. The van der Waals surface area contributed by atoms with Crippen LogP contribution in [0.5, 0.6) is 5.75 Å². The van der Waals surface area contributed by atoms with Gasteiger partial charge in [0, 0.05) is 23.9 Å². The zero-order valence-electron chi connectivity index (χ0n) is 24.7. The van der Waals surface area contributed by atoms with Crippen LogP contribution in [-0.4, -0.2) is 47.0 Å². The van der Waals surface area contributed by atoms with E-state index in [1.807, 2.05) is 13.8 Å². The minimum Gasteiger partial charge on any atom is -0.493 e. The highest BCUT2D eigenvalue weighted by Crippen LogP contribution is 2.38. The van der Waals surface area contributed by atoms with Gasteiger partial charge >= 0.3 is 0 Å². The molecule has 1 heterocycles. The standard InChI is InChI=1S/C31H50N2O3S/c1-10-28-33(27(34)19-22(4)5)25(21-37-28)29(35)32-17-13-14-18-36-26-16-15-23(30(6,7)11-2)20-24(26)31(8,9)12-3/h15-16,19-20,25,28H,10-14,17-18,21H2,1-9H3,(H,32,35). The van der Waals surface area contributed by atoms with Gasteiger partial charge in [-0.05, 0) is 68.4 Å². The van der Waals surface area contributed by atoms with Crippen molar-refractivity contribution in [3.63, 3.8) is 0 Å². The van der Waals surface area contributed by atoms with Crippen molar-refractivity contribution in [2.24, 2.45) is 0 Å². The first-order valence-corrected chi connectivity index (χ1v) is 15.1. The maximum atomic E-state index is 12.9. The summed E-state index contributed by atoms with van der Waals surface area (Å²) in [4.78, 5) is 27.4. The molecule has 208 valence electrons.